The number of rotatable bonds is 5. The lowest BCUT2D eigenvalue weighted by Gasteiger charge is -1.99. The monoisotopic (exact) mass is 231 g/mol. The van der Waals surface area contributed by atoms with Crippen molar-refractivity contribution in [2.75, 3.05) is 0 Å². The Balaban J connectivity index is 1.50. The molecule has 3 heteroatoms. The van der Waals surface area contributed by atoms with E-state index >= 15 is 0 Å². The van der Waals surface area contributed by atoms with Gasteiger partial charge in [-0.15, -0.1) is 0 Å². The molecule has 1 saturated carbocycles. The SMILES string of the molecule is C[C@@H]1C[C@@H]1c1ccc(CNCc2ccco2)o1. The van der Waals surface area contributed by atoms with Gasteiger partial charge in [0.2, 0.25) is 0 Å². The Hall–Kier alpha value is -1.48. The maximum atomic E-state index is 5.80. The first-order chi connectivity index (χ1) is 8.33. The minimum atomic E-state index is 0.661. The van der Waals surface area contributed by atoms with Crippen LogP contribution in [0.5, 0.6) is 0 Å². The number of nitrogens with one attached hydrogen (secondary N) is 1. The van der Waals surface area contributed by atoms with E-state index in [0.717, 1.165) is 36.3 Å². The van der Waals surface area contributed by atoms with Crippen LogP contribution in [0.2, 0.25) is 0 Å². The van der Waals surface area contributed by atoms with E-state index < -0.39 is 0 Å². The molecule has 1 N–H and O–H groups in total. The van der Waals surface area contributed by atoms with Crippen molar-refractivity contribution in [1.29, 1.82) is 0 Å². The fourth-order valence-corrected chi connectivity index (χ4v) is 2.13. The van der Waals surface area contributed by atoms with Gasteiger partial charge < -0.3 is 14.2 Å². The second kappa shape index (κ2) is 4.41. The average Bonchev–Trinajstić information content (AvgIpc) is 2.76. The van der Waals surface area contributed by atoms with E-state index in [0.29, 0.717) is 5.92 Å². The van der Waals surface area contributed by atoms with Crippen molar-refractivity contribution in [3.63, 3.8) is 0 Å². The lowest BCUT2D eigenvalue weighted by molar-refractivity contribution is 0.429. The highest BCUT2D eigenvalue weighted by atomic mass is 16.3. The summed E-state index contributed by atoms with van der Waals surface area (Å²) in [5.74, 6) is 4.56. The maximum Gasteiger partial charge on any atom is 0.117 e. The van der Waals surface area contributed by atoms with Crippen molar-refractivity contribution in [3.8, 4) is 0 Å². The largest absolute Gasteiger partial charge is 0.468 e. The van der Waals surface area contributed by atoms with Gasteiger partial charge in [-0.25, -0.2) is 0 Å². The summed E-state index contributed by atoms with van der Waals surface area (Å²) in [5, 5.41) is 3.30. The Labute approximate surface area is 101 Å². The molecule has 0 aliphatic heterocycles. The van der Waals surface area contributed by atoms with Gasteiger partial charge in [-0.1, -0.05) is 6.92 Å². The molecule has 0 aromatic carbocycles. The number of furan rings is 2. The molecule has 1 fully saturated rings. The zero-order valence-electron chi connectivity index (χ0n) is 9.98. The van der Waals surface area contributed by atoms with Crippen LogP contribution in [0.4, 0.5) is 0 Å². The van der Waals surface area contributed by atoms with Gasteiger partial charge in [-0.2, -0.15) is 0 Å². The van der Waals surface area contributed by atoms with Crippen LogP contribution in [0, 0.1) is 5.92 Å². The highest BCUT2D eigenvalue weighted by molar-refractivity contribution is 5.17. The summed E-state index contributed by atoms with van der Waals surface area (Å²) in [4.78, 5) is 0. The highest BCUT2D eigenvalue weighted by Gasteiger charge is 2.36. The molecule has 0 amide bonds. The number of hydrogen-bond acceptors (Lipinski definition) is 3. The third-order valence-corrected chi connectivity index (χ3v) is 3.34. The predicted molar refractivity (Wildman–Crippen MR) is 64.5 cm³/mol. The average molecular weight is 231 g/mol. The molecular formula is C14H17NO2. The molecular weight excluding hydrogens is 214 g/mol. The van der Waals surface area contributed by atoms with E-state index in [-0.39, 0.29) is 0 Å². The third kappa shape index (κ3) is 2.44. The lowest BCUT2D eigenvalue weighted by atomic mass is 10.3. The van der Waals surface area contributed by atoms with Gasteiger partial charge in [0.05, 0.1) is 19.4 Å². The van der Waals surface area contributed by atoms with Gasteiger partial charge >= 0.3 is 0 Å². The van der Waals surface area contributed by atoms with Gasteiger partial charge in [-0.3, -0.25) is 0 Å². The first-order valence-corrected chi connectivity index (χ1v) is 6.14. The molecule has 0 radical (unpaired) electrons. The van der Waals surface area contributed by atoms with Crippen LogP contribution in [0.1, 0.15) is 36.5 Å². The van der Waals surface area contributed by atoms with E-state index in [1.807, 2.05) is 12.1 Å². The quantitative estimate of drug-likeness (QED) is 0.858. The Morgan fingerprint density at radius 2 is 2.06 bits per heavy atom. The fourth-order valence-electron chi connectivity index (χ4n) is 2.13. The Bertz CT molecular complexity index is 472. The van der Waals surface area contributed by atoms with E-state index in [2.05, 4.69) is 24.4 Å². The summed E-state index contributed by atoms with van der Waals surface area (Å²) >= 11 is 0. The summed E-state index contributed by atoms with van der Waals surface area (Å²) in [5.41, 5.74) is 0. The van der Waals surface area contributed by atoms with Crippen LogP contribution in [0.15, 0.2) is 39.4 Å². The number of hydrogen-bond donors (Lipinski definition) is 1. The topological polar surface area (TPSA) is 38.3 Å². The molecule has 90 valence electrons. The van der Waals surface area contributed by atoms with Crippen molar-refractivity contribution < 1.29 is 8.83 Å². The fraction of sp³-hybridized carbons (Fsp3) is 0.429. The van der Waals surface area contributed by atoms with Crippen LogP contribution >= 0.6 is 0 Å². The van der Waals surface area contributed by atoms with Crippen molar-refractivity contribution >= 4 is 0 Å². The zero-order valence-corrected chi connectivity index (χ0v) is 9.98. The van der Waals surface area contributed by atoms with Crippen molar-refractivity contribution in [2.45, 2.75) is 32.4 Å². The van der Waals surface area contributed by atoms with Crippen LogP contribution < -0.4 is 5.32 Å². The Morgan fingerprint density at radius 1 is 1.24 bits per heavy atom. The van der Waals surface area contributed by atoms with Crippen molar-refractivity contribution in [3.05, 3.63) is 47.8 Å². The van der Waals surface area contributed by atoms with Gasteiger partial charge in [0, 0.05) is 5.92 Å². The van der Waals surface area contributed by atoms with Crippen molar-refractivity contribution in [2.24, 2.45) is 5.92 Å². The Kier molecular flexibility index (Phi) is 2.77. The molecule has 3 rings (SSSR count). The van der Waals surface area contributed by atoms with Crippen LogP contribution in [-0.2, 0) is 13.1 Å². The second-order valence-electron chi connectivity index (χ2n) is 4.81. The molecule has 1 aliphatic carbocycles. The van der Waals surface area contributed by atoms with Crippen LogP contribution in [0.3, 0.4) is 0 Å². The molecule has 2 heterocycles. The molecule has 2 aromatic heterocycles. The summed E-state index contributed by atoms with van der Waals surface area (Å²) in [6.07, 6.45) is 2.96. The van der Waals surface area contributed by atoms with Gasteiger partial charge in [0.1, 0.15) is 17.3 Å². The molecule has 0 unspecified atom stereocenters. The first-order valence-electron chi connectivity index (χ1n) is 6.14. The van der Waals surface area contributed by atoms with Gasteiger partial charge in [0.15, 0.2) is 0 Å². The minimum Gasteiger partial charge on any atom is -0.468 e. The standard InChI is InChI=1S/C14H17NO2/c1-10-7-13(10)14-5-4-12(17-14)9-15-8-11-3-2-6-16-11/h2-6,10,13,15H,7-9H2,1H3/t10-,13+/m1/s1. The van der Waals surface area contributed by atoms with Crippen molar-refractivity contribution in [1.82, 2.24) is 5.32 Å². The molecule has 17 heavy (non-hydrogen) atoms. The molecule has 0 spiro atoms. The lowest BCUT2D eigenvalue weighted by Crippen LogP contribution is -2.11. The van der Waals surface area contributed by atoms with E-state index in [9.17, 15) is 0 Å². The van der Waals surface area contributed by atoms with Crippen LogP contribution in [0.25, 0.3) is 0 Å². The van der Waals surface area contributed by atoms with E-state index in [4.69, 9.17) is 8.83 Å². The minimum absolute atomic E-state index is 0.661. The smallest absolute Gasteiger partial charge is 0.117 e. The molecule has 3 nitrogen and oxygen atoms in total. The summed E-state index contributed by atoms with van der Waals surface area (Å²) < 4.78 is 11.1. The van der Waals surface area contributed by atoms with Gasteiger partial charge in [0.25, 0.3) is 0 Å². The molecule has 0 saturated heterocycles. The Morgan fingerprint density at radius 3 is 2.76 bits per heavy atom. The van der Waals surface area contributed by atoms with Crippen LogP contribution in [-0.4, -0.2) is 0 Å². The zero-order chi connectivity index (χ0) is 11.7. The first kappa shape index (κ1) is 10.7. The van der Waals surface area contributed by atoms with E-state index in [1.165, 1.54) is 6.42 Å². The highest BCUT2D eigenvalue weighted by Crippen LogP contribution is 2.47. The third-order valence-electron chi connectivity index (χ3n) is 3.34. The molecule has 1 aliphatic rings. The van der Waals surface area contributed by atoms with Gasteiger partial charge in [-0.05, 0) is 36.6 Å². The summed E-state index contributed by atoms with van der Waals surface area (Å²) in [6, 6.07) is 8.04. The molecule has 2 atom stereocenters. The molecule has 0 bridgehead atoms. The normalized spacial score (nSPS) is 22.9. The second-order valence-corrected chi connectivity index (χ2v) is 4.81. The molecule has 2 aromatic rings. The predicted octanol–water partition coefficient (Wildman–Crippen LogP) is 3.29. The summed E-state index contributed by atoms with van der Waals surface area (Å²) in [7, 11) is 0. The van der Waals surface area contributed by atoms with E-state index in [1.54, 1.807) is 6.26 Å². The summed E-state index contributed by atoms with van der Waals surface area (Å²) in [6.45, 7) is 3.76. The maximum absolute atomic E-state index is 5.80.